The third-order valence-electron chi connectivity index (χ3n) is 2.14. The van der Waals surface area contributed by atoms with Gasteiger partial charge in [0, 0.05) is 1.37 Å². The zero-order valence-electron chi connectivity index (χ0n) is 8.50. The van der Waals surface area contributed by atoms with Crippen LogP contribution in [-0.2, 0) is 4.74 Å². The van der Waals surface area contributed by atoms with Crippen molar-refractivity contribution in [2.75, 3.05) is 13.6 Å². The number of nitrogens with one attached hydrogen (secondary N) is 1. The van der Waals surface area contributed by atoms with Gasteiger partial charge < -0.3 is 36.0 Å². The molecule has 0 amide bonds. The summed E-state index contributed by atoms with van der Waals surface area (Å²) in [5, 5.41) is 39.4. The van der Waals surface area contributed by atoms with E-state index in [1.165, 1.54) is 0 Å². The Morgan fingerprint density at radius 2 is 2.00 bits per heavy atom. The molecule has 0 spiro atoms. The maximum absolute atomic E-state index is 9.49. The van der Waals surface area contributed by atoms with Crippen LogP contribution in [0.25, 0.3) is 0 Å². The summed E-state index contributed by atoms with van der Waals surface area (Å²) in [7, 11) is -0.210. The standard InChI is InChI=1S/C7H15NO5.H2O/c1-8-4-6(11)5(10)3(2-9)13-7(4)12;/h3-12H,2H2,1H3;1H2/t3-,4-,5-,6-,7?;/m1./s1/i1D;. The third kappa shape index (κ3) is 2.39. The number of likely N-dealkylation sites (N-methyl/N-ethyl adjacent to an activating group) is 1. The first-order valence-corrected chi connectivity index (χ1v) is 3.95. The lowest BCUT2D eigenvalue weighted by Crippen LogP contribution is -2.62. The van der Waals surface area contributed by atoms with Crippen molar-refractivity contribution < 1.29 is 32.0 Å². The van der Waals surface area contributed by atoms with Gasteiger partial charge in [-0.1, -0.05) is 0 Å². The van der Waals surface area contributed by atoms with E-state index in [9.17, 15) is 15.3 Å². The van der Waals surface area contributed by atoms with Gasteiger partial charge in [-0.15, -0.1) is 0 Å². The summed E-state index contributed by atoms with van der Waals surface area (Å²) >= 11 is 0. The molecule has 0 saturated carbocycles. The highest BCUT2D eigenvalue weighted by molar-refractivity contribution is 4.91. The lowest BCUT2D eigenvalue weighted by atomic mass is 9.97. The van der Waals surface area contributed by atoms with Gasteiger partial charge in [0.05, 0.1) is 12.6 Å². The van der Waals surface area contributed by atoms with Crippen LogP contribution in [0.15, 0.2) is 0 Å². The Morgan fingerprint density at radius 1 is 1.36 bits per heavy atom. The first kappa shape index (κ1) is 11.8. The molecule has 0 aromatic carbocycles. The van der Waals surface area contributed by atoms with E-state index in [2.05, 4.69) is 5.32 Å². The Bertz CT molecular complexity index is 185. The molecule has 86 valence electrons. The summed E-state index contributed by atoms with van der Waals surface area (Å²) in [5.74, 6) is 0. The van der Waals surface area contributed by atoms with Crippen molar-refractivity contribution >= 4 is 0 Å². The molecule has 1 rings (SSSR count). The summed E-state index contributed by atoms with van der Waals surface area (Å²) in [5.41, 5.74) is 0. The van der Waals surface area contributed by atoms with Crippen molar-refractivity contribution in [1.29, 1.82) is 0 Å². The van der Waals surface area contributed by atoms with E-state index in [1.54, 1.807) is 0 Å². The molecule has 1 unspecified atom stereocenters. The summed E-state index contributed by atoms with van der Waals surface area (Å²) < 4.78 is 11.7. The van der Waals surface area contributed by atoms with E-state index >= 15 is 0 Å². The molecule has 1 aliphatic rings. The first-order chi connectivity index (χ1) is 6.61. The molecule has 5 atom stereocenters. The molecule has 1 heterocycles. The lowest BCUT2D eigenvalue weighted by molar-refractivity contribution is -0.253. The quantitative estimate of drug-likeness (QED) is 0.318. The number of aliphatic hydroxyl groups excluding tert-OH is 4. The second-order valence-electron chi connectivity index (χ2n) is 2.96. The van der Waals surface area contributed by atoms with Gasteiger partial charge in [-0.2, -0.15) is 0 Å². The van der Waals surface area contributed by atoms with E-state index in [4.69, 9.17) is 11.2 Å². The number of rotatable bonds is 2. The summed E-state index contributed by atoms with van der Waals surface area (Å²) in [6.45, 7) is -0.483. The second kappa shape index (κ2) is 5.56. The molecule has 1 aliphatic heterocycles. The Morgan fingerprint density at radius 3 is 2.50 bits per heavy atom. The van der Waals surface area contributed by atoms with Gasteiger partial charge in [0.1, 0.15) is 18.3 Å². The van der Waals surface area contributed by atoms with E-state index < -0.39 is 37.3 Å². The summed E-state index contributed by atoms with van der Waals surface area (Å²) in [6.07, 6.45) is -4.87. The SMILES string of the molecule is O.[2H]CN[C@H]1C(O)O[C@H](CO)[C@@H](O)[C@@H]1O. The molecule has 7 heteroatoms. The Labute approximate surface area is 82.6 Å². The average Bonchev–Trinajstić information content (AvgIpc) is 2.18. The molecule has 0 radical (unpaired) electrons. The molecular formula is C7H17NO6. The van der Waals surface area contributed by atoms with Crippen LogP contribution in [0.4, 0.5) is 0 Å². The number of hydrogen-bond donors (Lipinski definition) is 5. The zero-order valence-corrected chi connectivity index (χ0v) is 7.50. The highest BCUT2D eigenvalue weighted by Gasteiger charge is 2.42. The minimum atomic E-state index is -1.34. The highest BCUT2D eigenvalue weighted by atomic mass is 16.6. The fourth-order valence-electron chi connectivity index (χ4n) is 1.32. The van der Waals surface area contributed by atoms with Crippen molar-refractivity contribution in [2.45, 2.75) is 30.6 Å². The highest BCUT2D eigenvalue weighted by Crippen LogP contribution is 2.18. The van der Waals surface area contributed by atoms with Crippen molar-refractivity contribution in [3.05, 3.63) is 0 Å². The fourth-order valence-corrected chi connectivity index (χ4v) is 1.32. The van der Waals surface area contributed by atoms with Gasteiger partial charge in [-0.25, -0.2) is 0 Å². The largest absolute Gasteiger partial charge is 0.412 e. The number of aliphatic hydroxyl groups is 4. The molecule has 1 fully saturated rings. The van der Waals surface area contributed by atoms with Gasteiger partial charge in [0.25, 0.3) is 0 Å². The first-order valence-electron chi connectivity index (χ1n) is 4.65. The van der Waals surface area contributed by atoms with Crippen molar-refractivity contribution in [3.63, 3.8) is 0 Å². The van der Waals surface area contributed by atoms with E-state index in [-0.39, 0.29) is 12.5 Å². The maximum Gasteiger partial charge on any atom is 0.173 e. The van der Waals surface area contributed by atoms with Crippen LogP contribution in [0.5, 0.6) is 0 Å². The number of ether oxygens (including phenoxy) is 1. The van der Waals surface area contributed by atoms with Gasteiger partial charge in [-0.3, -0.25) is 0 Å². The van der Waals surface area contributed by atoms with Crippen LogP contribution in [0.1, 0.15) is 1.37 Å². The third-order valence-corrected chi connectivity index (χ3v) is 2.14. The average molecular weight is 212 g/mol. The lowest BCUT2D eigenvalue weighted by Gasteiger charge is -2.39. The molecular weight excluding hydrogens is 194 g/mol. The second-order valence-corrected chi connectivity index (χ2v) is 2.96. The van der Waals surface area contributed by atoms with Gasteiger partial charge in [-0.05, 0) is 7.02 Å². The van der Waals surface area contributed by atoms with Crippen LogP contribution in [0.3, 0.4) is 0 Å². The fraction of sp³-hybridized carbons (Fsp3) is 1.00. The van der Waals surface area contributed by atoms with Crippen molar-refractivity contribution in [2.24, 2.45) is 0 Å². The minimum Gasteiger partial charge on any atom is -0.412 e. The number of hydrogen-bond acceptors (Lipinski definition) is 6. The van der Waals surface area contributed by atoms with Crippen molar-refractivity contribution in [3.8, 4) is 0 Å². The Kier molecular flexibility index (Phi) is 4.69. The maximum atomic E-state index is 9.49. The zero-order chi connectivity index (χ0) is 10.7. The van der Waals surface area contributed by atoms with Gasteiger partial charge in [0.2, 0.25) is 0 Å². The van der Waals surface area contributed by atoms with E-state index in [0.717, 1.165) is 0 Å². The van der Waals surface area contributed by atoms with Crippen molar-refractivity contribution in [1.82, 2.24) is 5.32 Å². The molecule has 1 saturated heterocycles. The van der Waals surface area contributed by atoms with Crippen LogP contribution >= 0.6 is 0 Å². The smallest absolute Gasteiger partial charge is 0.173 e. The molecule has 7 N–H and O–H groups in total. The monoisotopic (exact) mass is 212 g/mol. The van der Waals surface area contributed by atoms with Crippen LogP contribution in [-0.4, -0.2) is 70.2 Å². The molecule has 0 bridgehead atoms. The topological polar surface area (TPSA) is 134 Å². The molecule has 0 aromatic heterocycles. The van der Waals surface area contributed by atoms with Crippen LogP contribution in [0, 0.1) is 0 Å². The normalized spacial score (nSPS) is 44.0. The van der Waals surface area contributed by atoms with Crippen LogP contribution < -0.4 is 5.32 Å². The summed E-state index contributed by atoms with van der Waals surface area (Å²) in [6, 6.07) is -0.912. The molecule has 0 aliphatic carbocycles. The van der Waals surface area contributed by atoms with Gasteiger partial charge >= 0.3 is 0 Å². The Hall–Kier alpha value is -0.280. The Balaban J connectivity index is 0.00000196. The van der Waals surface area contributed by atoms with E-state index in [0.29, 0.717) is 0 Å². The molecule has 0 aromatic rings. The van der Waals surface area contributed by atoms with Gasteiger partial charge in [0.15, 0.2) is 6.29 Å². The van der Waals surface area contributed by atoms with Crippen LogP contribution in [0.2, 0.25) is 0 Å². The predicted molar refractivity (Wildman–Crippen MR) is 46.4 cm³/mol. The minimum absolute atomic E-state index is 0. The van der Waals surface area contributed by atoms with E-state index in [1.807, 2.05) is 0 Å². The molecule has 14 heavy (non-hydrogen) atoms. The summed E-state index contributed by atoms with van der Waals surface area (Å²) in [4.78, 5) is 0. The molecule has 7 nitrogen and oxygen atoms in total. The predicted octanol–water partition coefficient (Wildman–Crippen LogP) is -3.82.